The first-order chi connectivity index (χ1) is 12.2. The highest BCUT2D eigenvalue weighted by molar-refractivity contribution is 5.77. The highest BCUT2D eigenvalue weighted by atomic mass is 16.5. The van der Waals surface area contributed by atoms with Crippen LogP contribution in [0.25, 0.3) is 10.9 Å². The maximum Gasteiger partial charge on any atom is 0.258 e. The van der Waals surface area contributed by atoms with E-state index in [1.807, 2.05) is 30.3 Å². The molecule has 3 aromatic rings. The minimum absolute atomic E-state index is 0.0687. The summed E-state index contributed by atoms with van der Waals surface area (Å²) in [5.74, 6) is 1.60. The van der Waals surface area contributed by atoms with Crippen LogP contribution in [0.5, 0.6) is 5.75 Å². The van der Waals surface area contributed by atoms with Crippen LogP contribution in [0.3, 0.4) is 0 Å². The number of aromatic amines is 1. The number of para-hydroxylation sites is 1. The van der Waals surface area contributed by atoms with Gasteiger partial charge >= 0.3 is 0 Å². The summed E-state index contributed by atoms with van der Waals surface area (Å²) in [6, 6.07) is 16.1. The van der Waals surface area contributed by atoms with Gasteiger partial charge in [-0.25, -0.2) is 4.98 Å². The summed E-state index contributed by atoms with van der Waals surface area (Å²) in [7, 11) is 1.68. The molecule has 1 fully saturated rings. The molecule has 1 aliphatic rings. The Hall–Kier alpha value is -2.66. The van der Waals surface area contributed by atoms with Gasteiger partial charge < -0.3 is 9.72 Å². The second-order valence-electron chi connectivity index (χ2n) is 6.43. The zero-order valence-electron chi connectivity index (χ0n) is 14.2. The SMILES string of the molecule is COc1ccc([C@@H]2CCCN2Cc2nc3ccccc3c(=O)[nH]2)cc1. The highest BCUT2D eigenvalue weighted by Gasteiger charge is 2.26. The third kappa shape index (κ3) is 3.15. The van der Waals surface area contributed by atoms with Gasteiger partial charge in [0.05, 0.1) is 24.6 Å². The molecule has 1 saturated heterocycles. The largest absolute Gasteiger partial charge is 0.497 e. The number of nitrogens with one attached hydrogen (secondary N) is 1. The predicted octanol–water partition coefficient (Wildman–Crippen LogP) is 3.27. The fraction of sp³-hybridized carbons (Fsp3) is 0.300. The first-order valence-electron chi connectivity index (χ1n) is 8.60. The van der Waals surface area contributed by atoms with E-state index in [9.17, 15) is 4.79 Å². The number of aromatic nitrogens is 2. The van der Waals surface area contributed by atoms with Gasteiger partial charge in [0.1, 0.15) is 11.6 Å². The molecule has 5 heteroatoms. The van der Waals surface area contributed by atoms with Crippen LogP contribution in [-0.2, 0) is 6.54 Å². The molecule has 0 aliphatic carbocycles. The lowest BCUT2D eigenvalue weighted by molar-refractivity contribution is 0.242. The molecule has 1 N–H and O–H groups in total. The van der Waals surface area contributed by atoms with Crippen molar-refractivity contribution in [2.45, 2.75) is 25.4 Å². The average molecular weight is 335 g/mol. The van der Waals surface area contributed by atoms with E-state index < -0.39 is 0 Å². The second-order valence-corrected chi connectivity index (χ2v) is 6.43. The van der Waals surface area contributed by atoms with Crippen molar-refractivity contribution in [3.8, 4) is 5.75 Å². The van der Waals surface area contributed by atoms with E-state index in [0.29, 0.717) is 18.0 Å². The number of ether oxygens (including phenoxy) is 1. The molecule has 25 heavy (non-hydrogen) atoms. The zero-order valence-corrected chi connectivity index (χ0v) is 14.2. The number of fused-ring (bicyclic) bond motifs is 1. The Balaban J connectivity index is 1.59. The van der Waals surface area contributed by atoms with Crippen LogP contribution in [0.1, 0.15) is 30.3 Å². The van der Waals surface area contributed by atoms with E-state index in [1.165, 1.54) is 5.56 Å². The fourth-order valence-electron chi connectivity index (χ4n) is 3.62. The quantitative estimate of drug-likeness (QED) is 0.795. The Bertz CT molecular complexity index is 934. The third-order valence-electron chi connectivity index (χ3n) is 4.88. The van der Waals surface area contributed by atoms with Crippen molar-refractivity contribution in [2.75, 3.05) is 13.7 Å². The second kappa shape index (κ2) is 6.69. The predicted molar refractivity (Wildman–Crippen MR) is 97.7 cm³/mol. The monoisotopic (exact) mass is 335 g/mol. The molecule has 0 bridgehead atoms. The van der Waals surface area contributed by atoms with E-state index in [4.69, 9.17) is 4.74 Å². The maximum atomic E-state index is 12.3. The van der Waals surface area contributed by atoms with Gasteiger partial charge in [-0.1, -0.05) is 24.3 Å². The van der Waals surface area contributed by atoms with Crippen LogP contribution >= 0.6 is 0 Å². The van der Waals surface area contributed by atoms with Crippen LogP contribution in [0.15, 0.2) is 53.3 Å². The summed E-state index contributed by atoms with van der Waals surface area (Å²) in [5.41, 5.74) is 1.96. The minimum atomic E-state index is -0.0687. The lowest BCUT2D eigenvalue weighted by atomic mass is 10.0. The topological polar surface area (TPSA) is 58.2 Å². The number of hydrogen-bond acceptors (Lipinski definition) is 4. The smallest absolute Gasteiger partial charge is 0.258 e. The number of likely N-dealkylation sites (tertiary alicyclic amines) is 1. The number of methoxy groups -OCH3 is 1. The summed E-state index contributed by atoms with van der Waals surface area (Å²) in [4.78, 5) is 22.2. The van der Waals surface area contributed by atoms with Gasteiger partial charge in [0.2, 0.25) is 0 Å². The van der Waals surface area contributed by atoms with Crippen molar-refractivity contribution in [1.82, 2.24) is 14.9 Å². The van der Waals surface area contributed by atoms with E-state index in [1.54, 1.807) is 13.2 Å². The van der Waals surface area contributed by atoms with Crippen molar-refractivity contribution in [2.24, 2.45) is 0 Å². The Morgan fingerprint density at radius 2 is 2.00 bits per heavy atom. The summed E-state index contributed by atoms with van der Waals surface area (Å²) in [6.45, 7) is 1.66. The highest BCUT2D eigenvalue weighted by Crippen LogP contribution is 2.33. The number of rotatable bonds is 4. The molecule has 0 spiro atoms. The van der Waals surface area contributed by atoms with Gasteiger partial charge in [-0.3, -0.25) is 9.69 Å². The van der Waals surface area contributed by atoms with Gasteiger partial charge in [0, 0.05) is 6.04 Å². The molecule has 2 heterocycles. The van der Waals surface area contributed by atoms with Gasteiger partial charge in [0.25, 0.3) is 5.56 Å². The van der Waals surface area contributed by atoms with Crippen molar-refractivity contribution in [3.63, 3.8) is 0 Å². The van der Waals surface area contributed by atoms with E-state index in [-0.39, 0.29) is 5.56 Å². The molecule has 1 aliphatic heterocycles. The molecule has 0 amide bonds. The number of hydrogen-bond donors (Lipinski definition) is 1. The van der Waals surface area contributed by atoms with Crippen molar-refractivity contribution < 1.29 is 4.74 Å². The van der Waals surface area contributed by atoms with Crippen LogP contribution in [0.4, 0.5) is 0 Å². The van der Waals surface area contributed by atoms with Gasteiger partial charge in [-0.2, -0.15) is 0 Å². The van der Waals surface area contributed by atoms with Crippen molar-refractivity contribution >= 4 is 10.9 Å². The minimum Gasteiger partial charge on any atom is -0.497 e. The zero-order chi connectivity index (χ0) is 17.2. The number of H-pyrrole nitrogens is 1. The Morgan fingerprint density at radius 3 is 2.80 bits per heavy atom. The van der Waals surface area contributed by atoms with Crippen LogP contribution < -0.4 is 10.3 Å². The molecular formula is C20H21N3O2. The summed E-state index contributed by atoms with van der Waals surface area (Å²) in [6.07, 6.45) is 2.26. The molecule has 1 aromatic heterocycles. The lowest BCUT2D eigenvalue weighted by Crippen LogP contribution is -2.25. The first-order valence-corrected chi connectivity index (χ1v) is 8.60. The number of nitrogens with zero attached hydrogens (tertiary/aromatic N) is 2. The average Bonchev–Trinajstić information content (AvgIpc) is 3.10. The summed E-state index contributed by atoms with van der Waals surface area (Å²) < 4.78 is 5.25. The summed E-state index contributed by atoms with van der Waals surface area (Å²) >= 11 is 0. The van der Waals surface area contributed by atoms with Crippen LogP contribution in [0.2, 0.25) is 0 Å². The molecule has 128 valence electrons. The Morgan fingerprint density at radius 1 is 1.20 bits per heavy atom. The molecule has 0 unspecified atom stereocenters. The van der Waals surface area contributed by atoms with E-state index in [0.717, 1.165) is 36.5 Å². The Kier molecular flexibility index (Phi) is 4.24. The molecular weight excluding hydrogens is 314 g/mol. The van der Waals surface area contributed by atoms with E-state index >= 15 is 0 Å². The Labute approximate surface area is 146 Å². The molecule has 0 saturated carbocycles. The van der Waals surface area contributed by atoms with Crippen molar-refractivity contribution in [1.29, 1.82) is 0 Å². The van der Waals surface area contributed by atoms with E-state index in [2.05, 4.69) is 27.0 Å². The maximum absolute atomic E-state index is 12.3. The first kappa shape index (κ1) is 15.8. The van der Waals surface area contributed by atoms with Crippen LogP contribution in [-0.4, -0.2) is 28.5 Å². The van der Waals surface area contributed by atoms with Gasteiger partial charge in [-0.05, 0) is 49.2 Å². The lowest BCUT2D eigenvalue weighted by Gasteiger charge is -2.24. The van der Waals surface area contributed by atoms with Gasteiger partial charge in [0.15, 0.2) is 0 Å². The molecule has 0 radical (unpaired) electrons. The fourth-order valence-corrected chi connectivity index (χ4v) is 3.62. The van der Waals surface area contributed by atoms with Crippen molar-refractivity contribution in [3.05, 3.63) is 70.3 Å². The van der Waals surface area contributed by atoms with Crippen LogP contribution in [0, 0.1) is 0 Å². The van der Waals surface area contributed by atoms with Gasteiger partial charge in [-0.15, -0.1) is 0 Å². The summed E-state index contributed by atoms with van der Waals surface area (Å²) in [5, 5.41) is 0.638. The molecule has 4 rings (SSSR count). The molecule has 2 aromatic carbocycles. The standard InChI is InChI=1S/C20H21N3O2/c1-25-15-10-8-14(9-11-15)18-7-4-12-23(18)13-19-21-17-6-3-2-5-16(17)20(24)22-19/h2-3,5-6,8-11,18H,4,7,12-13H2,1H3,(H,21,22,24)/t18-/m0/s1. The number of benzene rings is 2. The third-order valence-corrected chi connectivity index (χ3v) is 4.88. The molecule has 5 nitrogen and oxygen atoms in total. The molecule has 1 atom stereocenters. The normalized spacial score (nSPS) is 17.9.